The van der Waals surface area contributed by atoms with Crippen LogP contribution in [0.4, 0.5) is 0 Å². The van der Waals surface area contributed by atoms with Crippen LogP contribution in [-0.4, -0.2) is 11.3 Å². The van der Waals surface area contributed by atoms with Crippen molar-refractivity contribution in [3.63, 3.8) is 0 Å². The zero-order valence-electron chi connectivity index (χ0n) is 12.9. The van der Waals surface area contributed by atoms with Crippen LogP contribution in [0.3, 0.4) is 0 Å². The summed E-state index contributed by atoms with van der Waals surface area (Å²) in [5.41, 5.74) is 2.70. The van der Waals surface area contributed by atoms with E-state index >= 15 is 0 Å². The first-order chi connectivity index (χ1) is 10.4. The first kappa shape index (κ1) is 15.1. The number of nitriles is 1. The molecule has 0 radical (unpaired) electrons. The lowest BCUT2D eigenvalue weighted by molar-refractivity contribution is 0.487. The van der Waals surface area contributed by atoms with E-state index in [0.29, 0.717) is 0 Å². The zero-order chi connectivity index (χ0) is 14.5. The minimum absolute atomic E-state index is 0.0189. The molecule has 3 rings (SSSR count). The molecule has 0 saturated heterocycles. The molecule has 0 unspecified atom stereocenters. The van der Waals surface area contributed by atoms with E-state index in [1.54, 1.807) is 5.30 Å². The molecule has 112 valence electrons. The van der Waals surface area contributed by atoms with Crippen molar-refractivity contribution in [1.29, 1.82) is 5.26 Å². The molecule has 1 aromatic carbocycles. The van der Waals surface area contributed by atoms with Gasteiger partial charge in [0, 0.05) is 0 Å². The van der Waals surface area contributed by atoms with E-state index in [-0.39, 0.29) is 7.92 Å². The van der Waals surface area contributed by atoms with Crippen LogP contribution in [0.25, 0.3) is 0 Å². The Kier molecular flexibility index (Phi) is 5.32. The maximum Gasteiger partial charge on any atom is 0.0991 e. The van der Waals surface area contributed by atoms with Crippen molar-refractivity contribution in [2.24, 2.45) is 0 Å². The Labute approximate surface area is 130 Å². The summed E-state index contributed by atoms with van der Waals surface area (Å²) in [4.78, 5) is 0. The fourth-order valence-electron chi connectivity index (χ4n) is 4.15. The lowest BCUT2D eigenvalue weighted by Crippen LogP contribution is -2.26. The zero-order valence-corrected chi connectivity index (χ0v) is 13.8. The van der Waals surface area contributed by atoms with E-state index in [1.807, 2.05) is 12.1 Å². The van der Waals surface area contributed by atoms with Gasteiger partial charge in [-0.2, -0.15) is 5.26 Å². The minimum atomic E-state index is -0.0189. The summed E-state index contributed by atoms with van der Waals surface area (Å²) in [6, 6.07) is 10.9. The van der Waals surface area contributed by atoms with E-state index in [4.69, 9.17) is 5.26 Å². The number of hydrogen-bond acceptors (Lipinski definition) is 1. The Morgan fingerprint density at radius 3 is 1.67 bits per heavy atom. The molecule has 0 N–H and O–H groups in total. The molecule has 0 atom stereocenters. The summed E-state index contributed by atoms with van der Waals surface area (Å²) in [6.45, 7) is 0. The van der Waals surface area contributed by atoms with Gasteiger partial charge in [0.1, 0.15) is 0 Å². The number of nitrogens with zero attached hydrogens (tertiary/aromatic N) is 1. The van der Waals surface area contributed by atoms with Gasteiger partial charge in [-0.1, -0.05) is 58.6 Å². The van der Waals surface area contributed by atoms with Crippen LogP contribution in [0.2, 0.25) is 0 Å². The van der Waals surface area contributed by atoms with Gasteiger partial charge in [-0.15, -0.1) is 0 Å². The molecule has 0 heterocycles. The molecule has 0 aliphatic heterocycles. The Morgan fingerprint density at radius 2 is 1.24 bits per heavy atom. The smallest absolute Gasteiger partial charge is 0.0991 e. The molecule has 0 bridgehead atoms. The van der Waals surface area contributed by atoms with Gasteiger partial charge >= 0.3 is 0 Å². The van der Waals surface area contributed by atoms with Crippen LogP contribution in [0.5, 0.6) is 0 Å². The van der Waals surface area contributed by atoms with Crippen molar-refractivity contribution in [2.75, 3.05) is 0 Å². The van der Waals surface area contributed by atoms with Crippen molar-refractivity contribution < 1.29 is 0 Å². The highest BCUT2D eigenvalue weighted by Gasteiger charge is 2.32. The summed E-state index contributed by atoms with van der Waals surface area (Å²) in [6.07, 6.45) is 14.4. The minimum Gasteiger partial charge on any atom is -0.192 e. The second-order valence-corrected chi connectivity index (χ2v) is 9.44. The van der Waals surface area contributed by atoms with Gasteiger partial charge in [-0.25, -0.2) is 0 Å². The van der Waals surface area contributed by atoms with Crippen molar-refractivity contribution in [1.82, 2.24) is 0 Å². The van der Waals surface area contributed by atoms with E-state index in [0.717, 1.165) is 16.9 Å². The molecule has 1 nitrogen and oxygen atoms in total. The number of rotatable bonds is 3. The van der Waals surface area contributed by atoms with Gasteiger partial charge in [-0.05, 0) is 54.4 Å². The Bertz CT molecular complexity index is 457. The third-order valence-electron chi connectivity index (χ3n) is 5.23. The van der Waals surface area contributed by atoms with E-state index < -0.39 is 0 Å². The molecule has 2 saturated carbocycles. The van der Waals surface area contributed by atoms with Gasteiger partial charge in [0.05, 0.1) is 11.6 Å². The SMILES string of the molecule is N#Cc1ccc(P(C2CCCCC2)C2CCCCC2)cc1. The lowest BCUT2D eigenvalue weighted by atomic mass is 9.99. The highest BCUT2D eigenvalue weighted by Crippen LogP contribution is 2.54. The van der Waals surface area contributed by atoms with Gasteiger partial charge in [-0.3, -0.25) is 0 Å². The molecule has 1 aromatic rings. The molecule has 0 spiro atoms. The molecule has 0 aromatic heterocycles. The fourth-order valence-corrected chi connectivity index (χ4v) is 7.92. The molecule has 0 amide bonds. The van der Waals surface area contributed by atoms with Crippen molar-refractivity contribution in [2.45, 2.75) is 75.5 Å². The predicted octanol–water partition coefficient (Wildman–Crippen LogP) is 5.33. The summed E-state index contributed by atoms with van der Waals surface area (Å²) in [5, 5.41) is 10.6. The van der Waals surface area contributed by atoms with Gasteiger partial charge < -0.3 is 0 Å². The molecular weight excluding hydrogens is 273 g/mol. The second kappa shape index (κ2) is 7.42. The summed E-state index contributed by atoms with van der Waals surface area (Å²) < 4.78 is 0. The fraction of sp³-hybridized carbons (Fsp3) is 0.632. The molecule has 2 heteroatoms. The molecule has 21 heavy (non-hydrogen) atoms. The standard InChI is InChI=1S/C19H26NP/c20-15-16-11-13-19(14-12-16)21(17-7-3-1-4-8-17)18-9-5-2-6-10-18/h11-14,17-18H,1-10H2. The summed E-state index contributed by atoms with van der Waals surface area (Å²) >= 11 is 0. The van der Waals surface area contributed by atoms with E-state index in [1.165, 1.54) is 64.2 Å². The largest absolute Gasteiger partial charge is 0.192 e. The first-order valence-electron chi connectivity index (χ1n) is 8.67. The van der Waals surface area contributed by atoms with Gasteiger partial charge in [0.2, 0.25) is 0 Å². The molecule has 2 aliphatic carbocycles. The van der Waals surface area contributed by atoms with Crippen molar-refractivity contribution in [3.05, 3.63) is 29.8 Å². The Hall–Kier alpha value is -0.860. The first-order valence-corrected chi connectivity index (χ1v) is 10.1. The maximum absolute atomic E-state index is 9.02. The molecule has 2 aliphatic rings. The Morgan fingerprint density at radius 1 is 0.762 bits per heavy atom. The average molecular weight is 299 g/mol. The molecule has 2 fully saturated rings. The van der Waals surface area contributed by atoms with E-state index in [9.17, 15) is 0 Å². The van der Waals surface area contributed by atoms with Crippen LogP contribution in [0, 0.1) is 11.3 Å². The second-order valence-electron chi connectivity index (χ2n) is 6.65. The van der Waals surface area contributed by atoms with Crippen LogP contribution >= 0.6 is 7.92 Å². The third kappa shape index (κ3) is 3.67. The average Bonchev–Trinajstić information content (AvgIpc) is 2.58. The van der Waals surface area contributed by atoms with Crippen LogP contribution in [0.1, 0.15) is 69.8 Å². The third-order valence-corrected chi connectivity index (χ3v) is 8.73. The van der Waals surface area contributed by atoms with Gasteiger partial charge in [0.25, 0.3) is 0 Å². The van der Waals surface area contributed by atoms with Crippen LogP contribution in [-0.2, 0) is 0 Å². The topological polar surface area (TPSA) is 23.8 Å². The Balaban J connectivity index is 1.84. The number of benzene rings is 1. The normalized spacial score (nSPS) is 21.3. The van der Waals surface area contributed by atoms with E-state index in [2.05, 4.69) is 18.2 Å². The quantitative estimate of drug-likeness (QED) is 0.692. The van der Waals surface area contributed by atoms with Crippen molar-refractivity contribution in [3.8, 4) is 6.07 Å². The predicted molar refractivity (Wildman–Crippen MR) is 91.5 cm³/mol. The summed E-state index contributed by atoms with van der Waals surface area (Å²) in [7, 11) is -0.0189. The highest BCUT2D eigenvalue weighted by atomic mass is 31.1. The highest BCUT2D eigenvalue weighted by molar-refractivity contribution is 7.67. The van der Waals surface area contributed by atoms with Crippen LogP contribution < -0.4 is 5.30 Å². The monoisotopic (exact) mass is 299 g/mol. The van der Waals surface area contributed by atoms with Gasteiger partial charge in [0.15, 0.2) is 0 Å². The summed E-state index contributed by atoms with van der Waals surface area (Å²) in [5.74, 6) is 0. The maximum atomic E-state index is 9.02. The van der Waals surface area contributed by atoms with Crippen LogP contribution in [0.15, 0.2) is 24.3 Å². The number of hydrogen-bond donors (Lipinski definition) is 0. The molecular formula is C19H26NP. The van der Waals surface area contributed by atoms with Crippen molar-refractivity contribution >= 4 is 13.2 Å². The lowest BCUT2D eigenvalue weighted by Gasteiger charge is -2.38.